The van der Waals surface area contributed by atoms with E-state index in [9.17, 15) is 4.79 Å². The van der Waals surface area contributed by atoms with Crippen molar-refractivity contribution in [3.8, 4) is 11.5 Å². The van der Waals surface area contributed by atoms with Crippen molar-refractivity contribution in [2.75, 3.05) is 20.3 Å². The van der Waals surface area contributed by atoms with Crippen LogP contribution in [0.3, 0.4) is 0 Å². The number of pyridine rings is 1. The number of aromatic nitrogens is 3. The van der Waals surface area contributed by atoms with Gasteiger partial charge >= 0.3 is 0 Å². The highest BCUT2D eigenvalue weighted by Gasteiger charge is 2.17. The quantitative estimate of drug-likeness (QED) is 0.280. The first-order valence-electron chi connectivity index (χ1n) is 12.3. The predicted molar refractivity (Wildman–Crippen MR) is 147 cm³/mol. The van der Waals surface area contributed by atoms with Crippen LogP contribution in [-0.2, 0) is 11.3 Å². The van der Waals surface area contributed by atoms with Crippen molar-refractivity contribution in [3.05, 3.63) is 87.8 Å². The molecule has 0 aliphatic heterocycles. The molecule has 0 radical (unpaired) electrons. The molecule has 0 unspecified atom stereocenters. The van der Waals surface area contributed by atoms with Gasteiger partial charge in [0, 0.05) is 55.4 Å². The SMILES string of the molecule is C=CC(=N/C(=C(\C)N)c1nnc(-c2ccc(CNCCCOC)cc2C)o1)c1ccc(=O)n(C(C)C)c1. The van der Waals surface area contributed by atoms with Gasteiger partial charge in [-0.3, -0.25) is 4.79 Å². The lowest BCUT2D eigenvalue weighted by atomic mass is 10.0. The van der Waals surface area contributed by atoms with Crippen LogP contribution in [0.15, 0.2) is 69.1 Å². The maximum atomic E-state index is 12.2. The van der Waals surface area contributed by atoms with Gasteiger partial charge in [-0.2, -0.15) is 0 Å². The van der Waals surface area contributed by atoms with E-state index >= 15 is 0 Å². The van der Waals surface area contributed by atoms with E-state index in [0.29, 0.717) is 23.0 Å². The molecular formula is C28H36N6O3. The molecule has 1 aromatic carbocycles. The van der Waals surface area contributed by atoms with E-state index in [1.807, 2.05) is 32.9 Å². The molecule has 0 amide bonds. The number of hydrogen-bond acceptors (Lipinski definition) is 8. The summed E-state index contributed by atoms with van der Waals surface area (Å²) in [6, 6.07) is 9.35. The number of ether oxygens (including phenoxy) is 1. The summed E-state index contributed by atoms with van der Waals surface area (Å²) in [5, 5.41) is 11.9. The minimum absolute atomic E-state index is 0.00402. The fourth-order valence-electron chi connectivity index (χ4n) is 3.79. The molecule has 0 saturated heterocycles. The van der Waals surface area contributed by atoms with E-state index in [2.05, 4.69) is 33.2 Å². The van der Waals surface area contributed by atoms with Crippen LogP contribution in [0.4, 0.5) is 0 Å². The Labute approximate surface area is 217 Å². The number of benzene rings is 1. The minimum atomic E-state index is -0.0854. The monoisotopic (exact) mass is 504 g/mol. The molecule has 0 spiro atoms. The average Bonchev–Trinajstić information content (AvgIpc) is 3.34. The molecule has 2 heterocycles. The summed E-state index contributed by atoms with van der Waals surface area (Å²) in [4.78, 5) is 16.9. The van der Waals surface area contributed by atoms with Gasteiger partial charge in [-0.25, -0.2) is 4.99 Å². The zero-order valence-corrected chi connectivity index (χ0v) is 22.2. The highest BCUT2D eigenvalue weighted by atomic mass is 16.5. The molecule has 0 fully saturated rings. The Morgan fingerprint density at radius 2 is 2.08 bits per heavy atom. The zero-order valence-electron chi connectivity index (χ0n) is 22.2. The Hall–Kier alpha value is -3.82. The summed E-state index contributed by atoms with van der Waals surface area (Å²) in [5.74, 6) is 0.587. The van der Waals surface area contributed by atoms with Crippen LogP contribution in [0.25, 0.3) is 17.2 Å². The summed E-state index contributed by atoms with van der Waals surface area (Å²) in [7, 11) is 1.71. The third kappa shape index (κ3) is 7.12. The van der Waals surface area contributed by atoms with Gasteiger partial charge < -0.3 is 24.8 Å². The molecule has 2 aromatic heterocycles. The summed E-state index contributed by atoms with van der Waals surface area (Å²) in [6.07, 6.45) is 4.33. The molecule has 0 aliphatic rings. The van der Waals surface area contributed by atoms with Crippen molar-refractivity contribution >= 4 is 11.4 Å². The largest absolute Gasteiger partial charge is 0.415 e. The van der Waals surface area contributed by atoms with Crippen LogP contribution in [0.2, 0.25) is 0 Å². The second-order valence-corrected chi connectivity index (χ2v) is 9.07. The van der Waals surface area contributed by atoms with Crippen LogP contribution in [0, 0.1) is 6.92 Å². The molecule has 3 N–H and O–H groups in total. The van der Waals surface area contributed by atoms with E-state index in [1.54, 1.807) is 36.9 Å². The summed E-state index contributed by atoms with van der Waals surface area (Å²) in [6.45, 7) is 13.9. The summed E-state index contributed by atoms with van der Waals surface area (Å²) in [5.41, 5.74) is 11.1. The van der Waals surface area contributed by atoms with E-state index in [-0.39, 0.29) is 17.5 Å². The van der Waals surface area contributed by atoms with Gasteiger partial charge in [0.05, 0.1) is 5.71 Å². The fourth-order valence-corrected chi connectivity index (χ4v) is 3.79. The summed E-state index contributed by atoms with van der Waals surface area (Å²) < 4.78 is 12.7. The van der Waals surface area contributed by atoms with Gasteiger partial charge in [-0.05, 0) is 70.0 Å². The van der Waals surface area contributed by atoms with E-state index < -0.39 is 0 Å². The van der Waals surface area contributed by atoms with Crippen molar-refractivity contribution in [3.63, 3.8) is 0 Å². The molecular weight excluding hydrogens is 468 g/mol. The maximum absolute atomic E-state index is 12.2. The lowest BCUT2D eigenvalue weighted by molar-refractivity contribution is 0.194. The molecule has 37 heavy (non-hydrogen) atoms. The Morgan fingerprint density at radius 1 is 1.30 bits per heavy atom. The van der Waals surface area contributed by atoms with E-state index in [0.717, 1.165) is 42.8 Å². The molecule has 0 bridgehead atoms. The van der Waals surface area contributed by atoms with Crippen molar-refractivity contribution in [2.24, 2.45) is 10.7 Å². The smallest absolute Gasteiger partial charge is 0.268 e. The van der Waals surface area contributed by atoms with Crippen molar-refractivity contribution in [1.29, 1.82) is 0 Å². The molecule has 0 saturated carbocycles. The van der Waals surface area contributed by atoms with Gasteiger partial charge in [0.25, 0.3) is 11.4 Å². The van der Waals surface area contributed by atoms with Crippen molar-refractivity contribution < 1.29 is 9.15 Å². The van der Waals surface area contributed by atoms with Crippen molar-refractivity contribution in [1.82, 2.24) is 20.1 Å². The normalized spacial score (nSPS) is 12.6. The molecule has 9 nitrogen and oxygen atoms in total. The Balaban J connectivity index is 1.86. The van der Waals surface area contributed by atoms with Crippen LogP contribution in [-0.4, -0.2) is 40.7 Å². The van der Waals surface area contributed by atoms with E-state index in [1.165, 1.54) is 11.6 Å². The lowest BCUT2D eigenvalue weighted by Gasteiger charge is -2.12. The molecule has 0 atom stereocenters. The average molecular weight is 505 g/mol. The second kappa shape index (κ2) is 12.9. The number of nitrogens with one attached hydrogen (secondary N) is 1. The predicted octanol–water partition coefficient (Wildman–Crippen LogP) is 4.24. The van der Waals surface area contributed by atoms with Gasteiger partial charge in [-0.1, -0.05) is 18.7 Å². The number of nitrogens with zero attached hydrogens (tertiary/aromatic N) is 4. The van der Waals surface area contributed by atoms with Crippen LogP contribution in [0.1, 0.15) is 55.8 Å². The Morgan fingerprint density at radius 3 is 2.73 bits per heavy atom. The van der Waals surface area contributed by atoms with E-state index in [4.69, 9.17) is 14.9 Å². The number of allylic oxidation sites excluding steroid dienone is 2. The second-order valence-electron chi connectivity index (χ2n) is 9.07. The molecule has 3 aromatic rings. The lowest BCUT2D eigenvalue weighted by Crippen LogP contribution is -2.21. The molecule has 3 rings (SSSR count). The molecule has 0 aliphatic carbocycles. The third-order valence-corrected chi connectivity index (χ3v) is 5.77. The van der Waals surface area contributed by atoms with Gasteiger partial charge in [0.15, 0.2) is 0 Å². The topological polar surface area (TPSA) is 121 Å². The number of methoxy groups -OCH3 is 1. The highest BCUT2D eigenvalue weighted by Crippen LogP contribution is 2.27. The third-order valence-electron chi connectivity index (χ3n) is 5.77. The maximum Gasteiger partial charge on any atom is 0.268 e. The first-order valence-corrected chi connectivity index (χ1v) is 12.3. The van der Waals surface area contributed by atoms with Crippen molar-refractivity contribution in [2.45, 2.75) is 46.7 Å². The van der Waals surface area contributed by atoms with Crippen LogP contribution in [0.5, 0.6) is 0 Å². The fraction of sp³-hybridized carbons (Fsp3) is 0.357. The highest BCUT2D eigenvalue weighted by molar-refractivity contribution is 6.10. The summed E-state index contributed by atoms with van der Waals surface area (Å²) >= 11 is 0. The zero-order chi connectivity index (χ0) is 26.9. The number of aryl methyl sites for hydroxylation is 1. The standard InChI is InChI=1S/C28H36N6O3/c1-7-24(22-10-12-25(35)34(17-22)18(2)3)31-26(20(5)29)28-33-32-27(37-28)23-11-9-21(15-19(23)4)16-30-13-8-14-36-6/h7,9-12,15,17-18,30H,1,8,13-14,16,29H2,2-6H3/b26-20+,31-24?. The van der Waals surface area contributed by atoms with Gasteiger partial charge in [0.1, 0.15) is 5.70 Å². The number of nitrogens with two attached hydrogens (primary N) is 1. The van der Waals surface area contributed by atoms with Crippen LogP contribution >= 0.6 is 0 Å². The number of hydrogen-bond donors (Lipinski definition) is 2. The first kappa shape index (κ1) is 27.8. The minimum Gasteiger partial charge on any atom is -0.415 e. The van der Waals surface area contributed by atoms with Gasteiger partial charge in [-0.15, -0.1) is 10.2 Å². The number of aliphatic imine (C=N–C) groups is 1. The molecule has 196 valence electrons. The van der Waals surface area contributed by atoms with Gasteiger partial charge in [0.2, 0.25) is 5.89 Å². The number of rotatable bonds is 12. The Kier molecular flexibility index (Phi) is 9.71. The first-order chi connectivity index (χ1) is 17.7. The molecule has 9 heteroatoms. The van der Waals surface area contributed by atoms with Crippen LogP contribution < -0.4 is 16.6 Å². The Bertz CT molecular complexity index is 1350.